The first-order chi connectivity index (χ1) is 16.8. The highest BCUT2D eigenvalue weighted by Crippen LogP contribution is 2.30. The molecule has 0 aliphatic rings. The lowest BCUT2D eigenvalue weighted by Gasteiger charge is -2.14. The van der Waals surface area contributed by atoms with Crippen LogP contribution in [-0.2, 0) is 14.8 Å². The molecule has 0 aliphatic heterocycles. The van der Waals surface area contributed by atoms with E-state index in [1.54, 1.807) is 49.4 Å². The number of nitrogens with one attached hydrogen (secondary N) is 2. The number of fused-ring (bicyclic) bond motifs is 1. The number of carbonyl (C=O) groups excluding carboxylic acids is 2. The van der Waals surface area contributed by atoms with Crippen molar-refractivity contribution in [3.8, 4) is 0 Å². The largest absolute Gasteiger partial charge is 0.462 e. The van der Waals surface area contributed by atoms with Crippen molar-refractivity contribution in [2.24, 2.45) is 0 Å². The van der Waals surface area contributed by atoms with Gasteiger partial charge in [0.2, 0.25) is 0 Å². The van der Waals surface area contributed by atoms with E-state index >= 15 is 0 Å². The lowest BCUT2D eigenvalue weighted by molar-refractivity contribution is 0.0526. The number of aryl methyl sites for hydroxylation is 1. The Morgan fingerprint density at radius 1 is 0.829 bits per heavy atom. The first-order valence-corrected chi connectivity index (χ1v) is 12.5. The quantitative estimate of drug-likeness (QED) is 0.340. The number of rotatable bonds is 7. The van der Waals surface area contributed by atoms with Gasteiger partial charge in [-0.1, -0.05) is 42.5 Å². The predicted octanol–water partition coefficient (Wildman–Crippen LogP) is 5.38. The second kappa shape index (κ2) is 9.99. The standard InChI is InChI=1S/C27H24N2O5S/c1-3-34-27(31)19-14-16-20(17-15-19)29-35(32,33)25-13-7-10-22-23(25)11-6-12-24(22)28-26(30)21-9-5-4-8-18(21)2/h4-17,29H,3H2,1-2H3,(H,28,30). The van der Waals surface area contributed by atoms with Crippen molar-refractivity contribution in [1.29, 1.82) is 0 Å². The Bertz CT molecular complexity index is 1510. The van der Waals surface area contributed by atoms with Gasteiger partial charge in [0.25, 0.3) is 15.9 Å². The van der Waals surface area contributed by atoms with Crippen LogP contribution in [0.25, 0.3) is 10.8 Å². The van der Waals surface area contributed by atoms with E-state index in [1.807, 2.05) is 19.1 Å². The smallest absolute Gasteiger partial charge is 0.338 e. The number of esters is 1. The molecule has 0 heterocycles. The van der Waals surface area contributed by atoms with Crippen molar-refractivity contribution in [1.82, 2.24) is 0 Å². The van der Waals surface area contributed by atoms with Crippen molar-refractivity contribution in [3.05, 3.63) is 102 Å². The van der Waals surface area contributed by atoms with Crippen LogP contribution in [0.1, 0.15) is 33.2 Å². The summed E-state index contributed by atoms with van der Waals surface area (Å²) in [6.07, 6.45) is 0. The predicted molar refractivity (Wildman–Crippen MR) is 136 cm³/mol. The molecule has 0 spiro atoms. The summed E-state index contributed by atoms with van der Waals surface area (Å²) in [4.78, 5) is 24.7. The summed E-state index contributed by atoms with van der Waals surface area (Å²) in [5, 5.41) is 3.96. The monoisotopic (exact) mass is 488 g/mol. The maximum absolute atomic E-state index is 13.2. The number of hydrogen-bond acceptors (Lipinski definition) is 5. The van der Waals surface area contributed by atoms with Gasteiger partial charge in [-0.2, -0.15) is 0 Å². The molecule has 0 saturated carbocycles. The van der Waals surface area contributed by atoms with E-state index in [1.165, 1.54) is 30.3 Å². The average Bonchev–Trinajstić information content (AvgIpc) is 2.84. The summed E-state index contributed by atoms with van der Waals surface area (Å²) >= 11 is 0. The van der Waals surface area contributed by atoms with Gasteiger partial charge in [0.15, 0.2) is 0 Å². The molecule has 1 amide bonds. The molecule has 7 nitrogen and oxygen atoms in total. The number of benzene rings is 4. The van der Waals surface area contributed by atoms with Crippen molar-refractivity contribution in [2.45, 2.75) is 18.7 Å². The molecule has 0 bridgehead atoms. The molecule has 2 N–H and O–H groups in total. The Hall–Kier alpha value is -4.17. The fraction of sp³-hybridized carbons (Fsp3) is 0.111. The number of carbonyl (C=O) groups is 2. The second-order valence-corrected chi connectivity index (χ2v) is 9.48. The van der Waals surface area contributed by atoms with E-state index in [9.17, 15) is 18.0 Å². The van der Waals surface area contributed by atoms with Gasteiger partial charge < -0.3 is 10.1 Å². The Labute approximate surface area is 203 Å². The zero-order valence-electron chi connectivity index (χ0n) is 19.2. The maximum Gasteiger partial charge on any atom is 0.338 e. The van der Waals surface area contributed by atoms with Crippen LogP contribution in [0.5, 0.6) is 0 Å². The minimum atomic E-state index is -3.97. The van der Waals surface area contributed by atoms with E-state index in [-0.39, 0.29) is 17.4 Å². The van der Waals surface area contributed by atoms with Gasteiger partial charge in [0, 0.05) is 27.7 Å². The van der Waals surface area contributed by atoms with Crippen LogP contribution in [0.4, 0.5) is 11.4 Å². The summed E-state index contributed by atoms with van der Waals surface area (Å²) in [5.74, 6) is -0.750. The molecule has 178 valence electrons. The fourth-order valence-electron chi connectivity index (χ4n) is 3.74. The second-order valence-electron chi connectivity index (χ2n) is 7.83. The van der Waals surface area contributed by atoms with Crippen LogP contribution >= 0.6 is 0 Å². The topological polar surface area (TPSA) is 102 Å². The molecule has 0 radical (unpaired) electrons. The molecule has 0 fully saturated rings. The summed E-state index contributed by atoms with van der Waals surface area (Å²) in [7, 11) is -3.97. The van der Waals surface area contributed by atoms with Gasteiger partial charge >= 0.3 is 5.97 Å². The van der Waals surface area contributed by atoms with E-state index < -0.39 is 16.0 Å². The third-order valence-corrected chi connectivity index (χ3v) is 6.90. The van der Waals surface area contributed by atoms with E-state index in [0.717, 1.165) is 5.56 Å². The summed E-state index contributed by atoms with van der Waals surface area (Å²) < 4.78 is 34.0. The van der Waals surface area contributed by atoms with Gasteiger partial charge in [-0.15, -0.1) is 0 Å². The third-order valence-electron chi connectivity index (χ3n) is 5.46. The fourth-order valence-corrected chi connectivity index (χ4v) is 5.02. The molecule has 0 aliphatic carbocycles. The zero-order valence-corrected chi connectivity index (χ0v) is 20.1. The molecule has 4 rings (SSSR count). The molecule has 0 saturated heterocycles. The minimum absolute atomic E-state index is 0.0662. The maximum atomic E-state index is 13.2. The number of hydrogen-bond donors (Lipinski definition) is 2. The molecule has 0 unspecified atom stereocenters. The van der Waals surface area contributed by atoms with Crippen LogP contribution < -0.4 is 10.0 Å². The van der Waals surface area contributed by atoms with Gasteiger partial charge in [-0.05, 0) is 61.9 Å². The Balaban J connectivity index is 1.64. The van der Waals surface area contributed by atoms with Crippen molar-refractivity contribution in [3.63, 3.8) is 0 Å². The third kappa shape index (κ3) is 5.17. The summed E-state index contributed by atoms with van der Waals surface area (Å²) in [6, 6.07) is 23.3. The Kier molecular flexibility index (Phi) is 6.84. The van der Waals surface area contributed by atoms with Crippen LogP contribution in [0.15, 0.2) is 89.8 Å². The summed E-state index contributed by atoms with van der Waals surface area (Å²) in [6.45, 7) is 3.82. The molecule has 0 atom stereocenters. The highest BCUT2D eigenvalue weighted by atomic mass is 32.2. The Morgan fingerprint density at radius 2 is 1.51 bits per heavy atom. The number of amides is 1. The molecule has 35 heavy (non-hydrogen) atoms. The van der Waals surface area contributed by atoms with Gasteiger partial charge in [-0.3, -0.25) is 9.52 Å². The number of ether oxygens (including phenoxy) is 1. The molecule has 4 aromatic carbocycles. The lowest BCUT2D eigenvalue weighted by Crippen LogP contribution is -2.15. The normalized spacial score (nSPS) is 11.1. The zero-order chi connectivity index (χ0) is 25.0. The van der Waals surface area contributed by atoms with E-state index in [2.05, 4.69) is 10.0 Å². The minimum Gasteiger partial charge on any atom is -0.462 e. The van der Waals surface area contributed by atoms with Crippen molar-refractivity contribution < 1.29 is 22.7 Å². The SMILES string of the molecule is CCOC(=O)c1ccc(NS(=O)(=O)c2cccc3c(NC(=O)c4ccccc4C)cccc23)cc1. The summed E-state index contributed by atoms with van der Waals surface area (Å²) in [5.41, 5.74) is 2.52. The van der Waals surface area contributed by atoms with Gasteiger partial charge in [0.05, 0.1) is 17.1 Å². The highest BCUT2D eigenvalue weighted by Gasteiger charge is 2.19. The molecule has 4 aromatic rings. The van der Waals surface area contributed by atoms with E-state index in [4.69, 9.17) is 4.74 Å². The van der Waals surface area contributed by atoms with Crippen LogP contribution in [0.3, 0.4) is 0 Å². The van der Waals surface area contributed by atoms with Crippen LogP contribution in [-0.4, -0.2) is 26.9 Å². The number of anilines is 2. The van der Waals surface area contributed by atoms with Crippen LogP contribution in [0.2, 0.25) is 0 Å². The molecular formula is C27H24N2O5S. The Morgan fingerprint density at radius 3 is 2.23 bits per heavy atom. The molecular weight excluding hydrogens is 464 g/mol. The van der Waals surface area contributed by atoms with Gasteiger partial charge in [0.1, 0.15) is 0 Å². The first-order valence-electron chi connectivity index (χ1n) is 11.0. The van der Waals surface area contributed by atoms with Crippen molar-refractivity contribution in [2.75, 3.05) is 16.6 Å². The van der Waals surface area contributed by atoms with E-state index in [0.29, 0.717) is 33.3 Å². The lowest BCUT2D eigenvalue weighted by atomic mass is 10.1. The first kappa shape index (κ1) is 24.0. The van der Waals surface area contributed by atoms with Crippen molar-refractivity contribution >= 4 is 44.0 Å². The number of sulfonamides is 1. The highest BCUT2D eigenvalue weighted by molar-refractivity contribution is 7.93. The average molecular weight is 489 g/mol. The van der Waals surface area contributed by atoms with Crippen LogP contribution in [0, 0.1) is 6.92 Å². The molecule has 8 heteroatoms. The molecule has 0 aromatic heterocycles. The van der Waals surface area contributed by atoms with Gasteiger partial charge in [-0.25, -0.2) is 13.2 Å².